The summed E-state index contributed by atoms with van der Waals surface area (Å²) >= 11 is 0. The van der Waals surface area contributed by atoms with E-state index >= 15 is 0 Å². The molecule has 1 aliphatic rings. The Labute approximate surface area is 167 Å². The van der Waals surface area contributed by atoms with E-state index in [1.807, 2.05) is 24.3 Å². The monoisotopic (exact) mass is 363 g/mol. The number of aryl methyl sites for hydroxylation is 1. The summed E-state index contributed by atoms with van der Waals surface area (Å²) in [4.78, 5) is 2.17. The summed E-state index contributed by atoms with van der Waals surface area (Å²) in [5.41, 5.74) is 4.55. The van der Waals surface area contributed by atoms with Crippen molar-refractivity contribution in [2.75, 3.05) is 4.90 Å². The van der Waals surface area contributed by atoms with Crippen LogP contribution in [0.5, 0.6) is 0 Å². The molecule has 0 heterocycles. The Balaban J connectivity index is 2.28. The molecule has 0 atom stereocenters. The van der Waals surface area contributed by atoms with Gasteiger partial charge in [0.05, 0.1) is 5.70 Å². The maximum Gasteiger partial charge on any atom is 0.0528 e. The van der Waals surface area contributed by atoms with E-state index in [-0.39, 0.29) is 0 Å². The molecule has 2 aromatic carbocycles. The van der Waals surface area contributed by atoms with Gasteiger partial charge in [-0.25, -0.2) is 0 Å². The van der Waals surface area contributed by atoms with Crippen molar-refractivity contribution in [3.8, 4) is 0 Å². The molecule has 3 rings (SSSR count). The molecule has 138 valence electrons. The van der Waals surface area contributed by atoms with Gasteiger partial charge in [0.1, 0.15) is 0 Å². The van der Waals surface area contributed by atoms with Crippen molar-refractivity contribution in [1.29, 1.82) is 0 Å². The number of allylic oxidation sites excluding steroid dienone is 8. The van der Waals surface area contributed by atoms with Crippen molar-refractivity contribution in [1.82, 2.24) is 0 Å². The van der Waals surface area contributed by atoms with Crippen molar-refractivity contribution in [2.24, 2.45) is 0 Å². The lowest BCUT2D eigenvalue weighted by atomic mass is 10.1. The molecule has 0 amide bonds. The van der Waals surface area contributed by atoms with E-state index in [4.69, 9.17) is 0 Å². The van der Waals surface area contributed by atoms with E-state index in [9.17, 15) is 0 Å². The summed E-state index contributed by atoms with van der Waals surface area (Å²) in [5.74, 6) is 0. The molecule has 0 unspecified atom stereocenters. The van der Waals surface area contributed by atoms with E-state index < -0.39 is 0 Å². The van der Waals surface area contributed by atoms with Crippen molar-refractivity contribution in [3.05, 3.63) is 139 Å². The summed E-state index contributed by atoms with van der Waals surface area (Å²) in [6.45, 7) is 9.95. The SMILES string of the molecule is C=C/C=C\C=C/N(/C(C=C)=c1\ccccc1=C1C=CC=C1)c1ccc(C)cc1. The number of benzene rings is 2. The van der Waals surface area contributed by atoms with Crippen LogP contribution in [0.1, 0.15) is 5.56 Å². The molecular formula is C27H25N. The van der Waals surface area contributed by atoms with E-state index in [1.165, 1.54) is 16.4 Å². The first-order chi connectivity index (χ1) is 13.7. The first kappa shape index (κ1) is 19.2. The Hall–Kier alpha value is -3.58. The van der Waals surface area contributed by atoms with Gasteiger partial charge in [0.15, 0.2) is 0 Å². The molecule has 1 nitrogen and oxygen atoms in total. The Morgan fingerprint density at radius 1 is 0.857 bits per heavy atom. The molecule has 0 saturated carbocycles. The van der Waals surface area contributed by atoms with Gasteiger partial charge in [-0.05, 0) is 42.0 Å². The highest BCUT2D eigenvalue weighted by atomic mass is 15.1. The normalized spacial score (nSPS) is 14.1. The van der Waals surface area contributed by atoms with Crippen LogP contribution in [0, 0.1) is 6.92 Å². The van der Waals surface area contributed by atoms with Gasteiger partial charge in [0.25, 0.3) is 0 Å². The lowest BCUT2D eigenvalue weighted by Crippen LogP contribution is -2.32. The van der Waals surface area contributed by atoms with Gasteiger partial charge in [0, 0.05) is 17.1 Å². The third-order valence-electron chi connectivity index (χ3n) is 4.54. The zero-order valence-corrected chi connectivity index (χ0v) is 16.3. The molecule has 0 aromatic heterocycles. The molecule has 28 heavy (non-hydrogen) atoms. The summed E-state index contributed by atoms with van der Waals surface area (Å²) in [5, 5.41) is 2.33. The van der Waals surface area contributed by atoms with Crippen molar-refractivity contribution >= 4 is 17.0 Å². The van der Waals surface area contributed by atoms with Crippen LogP contribution in [-0.2, 0) is 0 Å². The van der Waals surface area contributed by atoms with Gasteiger partial charge >= 0.3 is 0 Å². The third-order valence-corrected chi connectivity index (χ3v) is 4.54. The number of anilines is 1. The van der Waals surface area contributed by atoms with Crippen LogP contribution in [0.2, 0.25) is 0 Å². The minimum absolute atomic E-state index is 1.03. The highest BCUT2D eigenvalue weighted by Gasteiger charge is 2.09. The van der Waals surface area contributed by atoms with Gasteiger partial charge < -0.3 is 4.90 Å². The molecule has 0 aliphatic heterocycles. The predicted octanol–water partition coefficient (Wildman–Crippen LogP) is 5.33. The topological polar surface area (TPSA) is 3.24 Å². The molecule has 0 spiro atoms. The Morgan fingerprint density at radius 3 is 2.25 bits per heavy atom. The third kappa shape index (κ3) is 4.39. The first-order valence-corrected chi connectivity index (χ1v) is 9.37. The minimum Gasteiger partial charge on any atom is -0.317 e. The summed E-state index contributed by atoms with van der Waals surface area (Å²) in [6.07, 6.45) is 20.0. The van der Waals surface area contributed by atoms with Crippen LogP contribution in [-0.4, -0.2) is 0 Å². The van der Waals surface area contributed by atoms with Crippen LogP contribution in [0.15, 0.2) is 123 Å². The first-order valence-electron chi connectivity index (χ1n) is 9.37. The summed E-state index contributed by atoms with van der Waals surface area (Å²) in [7, 11) is 0. The minimum atomic E-state index is 1.03. The molecule has 1 aliphatic carbocycles. The van der Waals surface area contributed by atoms with Gasteiger partial charge in [0.2, 0.25) is 0 Å². The molecule has 0 fully saturated rings. The molecule has 0 radical (unpaired) electrons. The highest BCUT2D eigenvalue weighted by molar-refractivity contribution is 5.78. The van der Waals surface area contributed by atoms with E-state index in [1.54, 1.807) is 6.08 Å². The average molecular weight is 364 g/mol. The fourth-order valence-electron chi connectivity index (χ4n) is 3.14. The van der Waals surface area contributed by atoms with Crippen LogP contribution in [0.4, 0.5) is 5.69 Å². The molecule has 1 heteroatoms. The van der Waals surface area contributed by atoms with Crippen LogP contribution in [0.3, 0.4) is 0 Å². The van der Waals surface area contributed by atoms with Gasteiger partial charge in [-0.3, -0.25) is 0 Å². The molecular weight excluding hydrogens is 338 g/mol. The number of rotatable bonds is 6. The van der Waals surface area contributed by atoms with Gasteiger partial charge in [-0.1, -0.05) is 97.7 Å². The van der Waals surface area contributed by atoms with Gasteiger partial charge in [-0.2, -0.15) is 0 Å². The van der Waals surface area contributed by atoms with Crippen molar-refractivity contribution in [3.63, 3.8) is 0 Å². The van der Waals surface area contributed by atoms with Crippen LogP contribution < -0.4 is 15.3 Å². The lowest BCUT2D eigenvalue weighted by Gasteiger charge is -2.22. The smallest absolute Gasteiger partial charge is 0.0528 e. The second-order valence-electron chi connectivity index (χ2n) is 6.48. The largest absolute Gasteiger partial charge is 0.317 e. The Morgan fingerprint density at radius 2 is 1.57 bits per heavy atom. The highest BCUT2D eigenvalue weighted by Crippen LogP contribution is 2.21. The summed E-state index contributed by atoms with van der Waals surface area (Å²) in [6, 6.07) is 17.0. The van der Waals surface area contributed by atoms with Gasteiger partial charge in [-0.15, -0.1) is 0 Å². The standard InChI is InChI=1S/C27H25N/c1-4-6-7-12-21-28(24-19-17-22(3)18-20-24)27(5-2)26-16-11-10-15-25(26)23-13-8-9-14-23/h4-21H,1-2H2,3H3/b7-6-,21-12-,27-26+. The Bertz CT molecular complexity index is 1080. The molecule has 0 saturated heterocycles. The number of hydrogen-bond acceptors (Lipinski definition) is 1. The van der Waals surface area contributed by atoms with E-state index in [2.05, 4.69) is 104 Å². The Kier molecular flexibility index (Phi) is 6.43. The quantitative estimate of drug-likeness (QED) is 0.627. The maximum absolute atomic E-state index is 4.12. The lowest BCUT2D eigenvalue weighted by molar-refractivity contribution is 1.27. The van der Waals surface area contributed by atoms with Crippen LogP contribution >= 0.6 is 0 Å². The second kappa shape index (κ2) is 9.38. The second-order valence-corrected chi connectivity index (χ2v) is 6.48. The van der Waals surface area contributed by atoms with E-state index in [0.717, 1.165) is 16.6 Å². The molecule has 0 bridgehead atoms. The number of hydrogen-bond donors (Lipinski definition) is 0. The predicted molar refractivity (Wildman–Crippen MR) is 123 cm³/mol. The fraction of sp³-hybridized carbons (Fsp3) is 0.0370. The fourth-order valence-corrected chi connectivity index (χ4v) is 3.14. The molecule has 2 aromatic rings. The zero-order chi connectivity index (χ0) is 19.8. The van der Waals surface area contributed by atoms with E-state index in [0.29, 0.717) is 0 Å². The molecule has 0 N–H and O–H groups in total. The van der Waals surface area contributed by atoms with Crippen molar-refractivity contribution in [2.45, 2.75) is 6.92 Å². The number of nitrogens with zero attached hydrogens (tertiary/aromatic N) is 1. The average Bonchev–Trinajstić information content (AvgIpc) is 3.26. The zero-order valence-electron chi connectivity index (χ0n) is 16.3. The maximum atomic E-state index is 4.12. The van der Waals surface area contributed by atoms with Crippen molar-refractivity contribution < 1.29 is 0 Å². The summed E-state index contributed by atoms with van der Waals surface area (Å²) < 4.78 is 0. The van der Waals surface area contributed by atoms with Crippen LogP contribution in [0.25, 0.3) is 11.3 Å².